The number of fused-ring (bicyclic) bond motifs is 5. The van der Waals surface area contributed by atoms with E-state index in [0.717, 1.165) is 18.6 Å². The summed E-state index contributed by atoms with van der Waals surface area (Å²) in [4.78, 5) is 26.7. The van der Waals surface area contributed by atoms with Gasteiger partial charge in [0.2, 0.25) is 11.8 Å². The topological polar surface area (TPSA) is 46.6 Å². The first-order valence-corrected chi connectivity index (χ1v) is 7.99. The summed E-state index contributed by atoms with van der Waals surface area (Å²) in [5.74, 6) is 0.930. The van der Waals surface area contributed by atoms with Crippen LogP contribution in [0.1, 0.15) is 19.8 Å². The van der Waals surface area contributed by atoms with Crippen LogP contribution in [0.3, 0.4) is 0 Å². The number of rotatable bonds is 4. The summed E-state index contributed by atoms with van der Waals surface area (Å²) < 4.78 is 5.55. The maximum atomic E-state index is 12.7. The largest absolute Gasteiger partial charge is 0.494 e. The van der Waals surface area contributed by atoms with E-state index in [1.54, 1.807) is 12.1 Å². The lowest BCUT2D eigenvalue weighted by Gasteiger charge is -2.17. The molecule has 4 nitrogen and oxygen atoms in total. The molecule has 4 atom stereocenters. The van der Waals surface area contributed by atoms with Gasteiger partial charge in [0.15, 0.2) is 0 Å². The normalized spacial score (nSPS) is 32.0. The van der Waals surface area contributed by atoms with E-state index in [2.05, 4.69) is 19.1 Å². The Balaban J connectivity index is 1.58. The maximum Gasteiger partial charge on any atom is 0.238 e. The van der Waals surface area contributed by atoms with E-state index in [0.29, 0.717) is 12.3 Å². The molecule has 0 unspecified atom stereocenters. The van der Waals surface area contributed by atoms with Crippen molar-refractivity contribution in [2.45, 2.75) is 19.8 Å². The van der Waals surface area contributed by atoms with Crippen molar-refractivity contribution in [2.75, 3.05) is 11.5 Å². The fourth-order valence-corrected chi connectivity index (χ4v) is 4.07. The molecule has 2 bridgehead atoms. The number of anilines is 1. The number of ether oxygens (including phenoxy) is 1. The van der Waals surface area contributed by atoms with Gasteiger partial charge in [0.1, 0.15) is 5.75 Å². The van der Waals surface area contributed by atoms with Crippen molar-refractivity contribution in [1.29, 1.82) is 0 Å². The minimum Gasteiger partial charge on any atom is -0.494 e. The van der Waals surface area contributed by atoms with Crippen LogP contribution >= 0.6 is 0 Å². The highest BCUT2D eigenvalue weighted by Crippen LogP contribution is 2.53. The Kier molecular flexibility index (Phi) is 3.06. The second-order valence-electron chi connectivity index (χ2n) is 6.35. The number of allylic oxidation sites excluding steroid dienone is 2. The predicted octanol–water partition coefficient (Wildman–Crippen LogP) is 2.79. The molecule has 1 aromatic carbocycles. The van der Waals surface area contributed by atoms with E-state index in [-0.39, 0.29) is 35.5 Å². The Hall–Kier alpha value is -2.10. The fourth-order valence-electron chi connectivity index (χ4n) is 4.07. The molecule has 2 fully saturated rings. The highest BCUT2D eigenvalue weighted by Gasteiger charge is 2.59. The van der Waals surface area contributed by atoms with E-state index >= 15 is 0 Å². The third kappa shape index (κ3) is 1.83. The summed E-state index contributed by atoms with van der Waals surface area (Å²) in [6.45, 7) is 2.72. The van der Waals surface area contributed by atoms with Gasteiger partial charge >= 0.3 is 0 Å². The molecule has 4 rings (SSSR count). The zero-order chi connectivity index (χ0) is 15.3. The summed E-state index contributed by atoms with van der Waals surface area (Å²) in [7, 11) is 0. The molecule has 22 heavy (non-hydrogen) atoms. The van der Waals surface area contributed by atoms with Crippen molar-refractivity contribution >= 4 is 17.5 Å². The summed E-state index contributed by atoms with van der Waals surface area (Å²) in [5.41, 5.74) is 0.660. The number of hydrogen-bond donors (Lipinski definition) is 0. The second-order valence-corrected chi connectivity index (χ2v) is 6.35. The minimum atomic E-state index is -0.140. The molecule has 1 aliphatic heterocycles. The lowest BCUT2D eigenvalue weighted by Crippen LogP contribution is -2.32. The molecule has 0 N–H and O–H groups in total. The van der Waals surface area contributed by atoms with Gasteiger partial charge < -0.3 is 4.74 Å². The van der Waals surface area contributed by atoms with Gasteiger partial charge in [-0.25, -0.2) is 0 Å². The summed E-state index contributed by atoms with van der Waals surface area (Å²) in [5, 5.41) is 0. The van der Waals surface area contributed by atoms with Crippen LogP contribution in [0.2, 0.25) is 0 Å². The number of carbonyl (C=O) groups excluding carboxylic acids is 2. The van der Waals surface area contributed by atoms with Gasteiger partial charge in [-0.2, -0.15) is 0 Å². The van der Waals surface area contributed by atoms with Gasteiger partial charge in [0, 0.05) is 0 Å². The number of imide groups is 1. The van der Waals surface area contributed by atoms with E-state index in [1.165, 1.54) is 4.90 Å². The van der Waals surface area contributed by atoms with Crippen LogP contribution in [0.25, 0.3) is 0 Å². The lowest BCUT2D eigenvalue weighted by atomic mass is 9.85. The molecule has 4 heteroatoms. The smallest absolute Gasteiger partial charge is 0.238 e. The van der Waals surface area contributed by atoms with Crippen LogP contribution in [-0.2, 0) is 9.59 Å². The quantitative estimate of drug-likeness (QED) is 0.634. The van der Waals surface area contributed by atoms with Crippen molar-refractivity contribution in [3.05, 3.63) is 36.4 Å². The molecule has 2 aliphatic carbocycles. The van der Waals surface area contributed by atoms with Crippen LogP contribution in [0, 0.1) is 23.7 Å². The van der Waals surface area contributed by atoms with Crippen molar-refractivity contribution in [2.24, 2.45) is 23.7 Å². The molecule has 3 aliphatic rings. The van der Waals surface area contributed by atoms with Crippen LogP contribution in [0.4, 0.5) is 5.69 Å². The summed E-state index contributed by atoms with van der Waals surface area (Å²) in [6.07, 6.45) is 6.14. The Labute approximate surface area is 129 Å². The number of nitrogens with zero attached hydrogens (tertiary/aromatic N) is 1. The zero-order valence-corrected chi connectivity index (χ0v) is 12.6. The Morgan fingerprint density at radius 3 is 2.18 bits per heavy atom. The third-order valence-electron chi connectivity index (χ3n) is 5.04. The van der Waals surface area contributed by atoms with Gasteiger partial charge in [0.25, 0.3) is 0 Å². The van der Waals surface area contributed by atoms with E-state index < -0.39 is 0 Å². The van der Waals surface area contributed by atoms with Crippen molar-refractivity contribution in [3.8, 4) is 5.75 Å². The third-order valence-corrected chi connectivity index (χ3v) is 5.04. The highest BCUT2D eigenvalue weighted by molar-refractivity contribution is 6.22. The van der Waals surface area contributed by atoms with Crippen LogP contribution in [0.15, 0.2) is 36.4 Å². The standard InChI is InChI=1S/C18H19NO3/c1-2-9-22-14-7-5-13(6-8-14)19-17(20)15-11-3-4-12(10-11)16(15)18(19)21/h3-8,11-12,15-16H,2,9-10H2,1H3/t11-,12-,15-,16+/m0/s1. The average molecular weight is 297 g/mol. The number of benzene rings is 1. The monoisotopic (exact) mass is 297 g/mol. The number of hydrogen-bond acceptors (Lipinski definition) is 3. The molecule has 1 saturated heterocycles. The Bertz CT molecular complexity index is 619. The second kappa shape index (κ2) is 4.97. The predicted molar refractivity (Wildman–Crippen MR) is 82.4 cm³/mol. The first-order valence-electron chi connectivity index (χ1n) is 7.99. The summed E-state index contributed by atoms with van der Waals surface area (Å²) >= 11 is 0. The zero-order valence-electron chi connectivity index (χ0n) is 12.6. The van der Waals surface area contributed by atoms with Gasteiger partial charge in [-0.3, -0.25) is 14.5 Å². The number of carbonyl (C=O) groups is 2. The van der Waals surface area contributed by atoms with Gasteiger partial charge in [-0.15, -0.1) is 0 Å². The molecule has 2 amide bonds. The van der Waals surface area contributed by atoms with Gasteiger partial charge in [0.05, 0.1) is 24.1 Å². The molecule has 114 valence electrons. The molecule has 1 aromatic rings. The molecular weight excluding hydrogens is 278 g/mol. The molecule has 1 saturated carbocycles. The summed E-state index contributed by atoms with van der Waals surface area (Å²) in [6, 6.07) is 7.26. The van der Waals surface area contributed by atoms with Crippen molar-refractivity contribution in [1.82, 2.24) is 0 Å². The van der Waals surface area contributed by atoms with E-state index in [1.807, 2.05) is 12.1 Å². The first-order chi connectivity index (χ1) is 10.7. The van der Waals surface area contributed by atoms with E-state index in [4.69, 9.17) is 4.74 Å². The SMILES string of the molecule is CCCOc1ccc(N2C(=O)[C@@H]3[C@H](C2=O)[C@H]2C=C[C@H]3C2)cc1. The molecule has 1 heterocycles. The Morgan fingerprint density at radius 2 is 1.64 bits per heavy atom. The van der Waals surface area contributed by atoms with Crippen LogP contribution in [-0.4, -0.2) is 18.4 Å². The van der Waals surface area contributed by atoms with Crippen molar-refractivity contribution < 1.29 is 14.3 Å². The van der Waals surface area contributed by atoms with E-state index in [9.17, 15) is 9.59 Å². The van der Waals surface area contributed by atoms with Gasteiger partial charge in [-0.05, 0) is 48.9 Å². The fraction of sp³-hybridized carbons (Fsp3) is 0.444. The molecule has 0 radical (unpaired) electrons. The Morgan fingerprint density at radius 1 is 1.05 bits per heavy atom. The van der Waals surface area contributed by atoms with Gasteiger partial charge in [-0.1, -0.05) is 19.1 Å². The maximum absolute atomic E-state index is 12.7. The molecule has 0 spiro atoms. The first kappa shape index (κ1) is 13.6. The minimum absolute atomic E-state index is 0.0333. The lowest BCUT2D eigenvalue weighted by molar-refractivity contribution is -0.123. The molecule has 0 aromatic heterocycles. The van der Waals surface area contributed by atoms with Crippen LogP contribution in [0.5, 0.6) is 5.75 Å². The molecular formula is C18H19NO3. The highest BCUT2D eigenvalue weighted by atomic mass is 16.5. The van der Waals surface area contributed by atoms with Crippen LogP contribution < -0.4 is 9.64 Å². The number of amides is 2. The van der Waals surface area contributed by atoms with Crippen molar-refractivity contribution in [3.63, 3.8) is 0 Å². The average Bonchev–Trinajstić information content (AvgIpc) is 3.20.